The number of hydrogen-bond acceptors (Lipinski definition) is 6. The molecule has 0 bridgehead atoms. The van der Waals surface area contributed by atoms with Crippen LogP contribution in [0, 0.1) is 5.92 Å². The lowest BCUT2D eigenvalue weighted by atomic mass is 10.0. The lowest BCUT2D eigenvalue weighted by Gasteiger charge is -2.29. The van der Waals surface area contributed by atoms with Crippen molar-refractivity contribution in [1.82, 2.24) is 20.9 Å². The van der Waals surface area contributed by atoms with Gasteiger partial charge in [0.1, 0.15) is 18.1 Å². The minimum Gasteiger partial charge on any atom is -0.480 e. The Morgan fingerprint density at radius 3 is 2.39 bits per heavy atom. The van der Waals surface area contributed by atoms with E-state index in [4.69, 9.17) is 5.73 Å². The number of rotatable bonds is 10. The van der Waals surface area contributed by atoms with E-state index in [-0.39, 0.29) is 30.7 Å². The molecule has 0 aromatic carbocycles. The fraction of sp³-hybridized carbons (Fsp3) is 0.750. The Morgan fingerprint density at radius 1 is 1.13 bits per heavy atom. The van der Waals surface area contributed by atoms with Crippen LogP contribution in [-0.4, -0.2) is 76.9 Å². The Morgan fingerprint density at radius 2 is 1.84 bits per heavy atom. The maximum absolute atomic E-state index is 12.9. The maximum Gasteiger partial charge on any atom is 0.326 e. The fourth-order valence-corrected chi connectivity index (χ4v) is 3.99. The summed E-state index contributed by atoms with van der Waals surface area (Å²) in [6, 6.07) is -3.21. The van der Waals surface area contributed by atoms with Crippen molar-refractivity contribution in [3.8, 4) is 0 Å². The molecule has 0 aliphatic carbocycles. The van der Waals surface area contributed by atoms with Gasteiger partial charge in [0.15, 0.2) is 0 Å². The van der Waals surface area contributed by atoms with Gasteiger partial charge in [-0.3, -0.25) is 19.2 Å². The third kappa shape index (κ3) is 6.65. The van der Waals surface area contributed by atoms with E-state index >= 15 is 0 Å². The quantitative estimate of drug-likeness (QED) is 0.282. The SMILES string of the molecule is CC(C)C(NC(=O)C1CCCN1C(=O)C1CCCN1)C(=O)NC(CCC(N)=O)C(=O)O. The molecule has 4 unspecified atom stereocenters. The summed E-state index contributed by atoms with van der Waals surface area (Å²) in [7, 11) is 0. The average Bonchev–Trinajstić information content (AvgIpc) is 3.39. The monoisotopic (exact) mass is 439 g/mol. The van der Waals surface area contributed by atoms with Crippen LogP contribution in [0.15, 0.2) is 0 Å². The second kappa shape index (κ2) is 11.1. The highest BCUT2D eigenvalue weighted by Crippen LogP contribution is 2.21. The Balaban J connectivity index is 2.02. The topological polar surface area (TPSA) is 171 Å². The number of carbonyl (C=O) groups is 5. The molecule has 2 saturated heterocycles. The predicted molar refractivity (Wildman–Crippen MR) is 111 cm³/mol. The van der Waals surface area contributed by atoms with Crippen molar-refractivity contribution in [2.75, 3.05) is 13.1 Å². The molecule has 2 aliphatic heterocycles. The van der Waals surface area contributed by atoms with Crippen molar-refractivity contribution in [3.63, 3.8) is 0 Å². The lowest BCUT2D eigenvalue weighted by Crippen LogP contribution is -2.58. The Hall–Kier alpha value is -2.69. The van der Waals surface area contributed by atoms with Crippen LogP contribution in [0.2, 0.25) is 0 Å². The number of nitrogens with two attached hydrogens (primary N) is 1. The van der Waals surface area contributed by atoms with Crippen LogP contribution in [0.25, 0.3) is 0 Å². The normalized spacial score (nSPS) is 22.7. The number of likely N-dealkylation sites (tertiary alicyclic amines) is 1. The molecule has 2 rings (SSSR count). The van der Waals surface area contributed by atoms with E-state index < -0.39 is 41.8 Å². The molecular weight excluding hydrogens is 406 g/mol. The number of hydrogen-bond donors (Lipinski definition) is 5. The molecule has 0 saturated carbocycles. The third-order valence-electron chi connectivity index (χ3n) is 5.74. The number of carboxylic acid groups (broad SMARTS) is 1. The minimum atomic E-state index is -1.30. The zero-order chi connectivity index (χ0) is 23.1. The van der Waals surface area contributed by atoms with Gasteiger partial charge in [-0.1, -0.05) is 13.8 Å². The van der Waals surface area contributed by atoms with Gasteiger partial charge in [-0.2, -0.15) is 0 Å². The van der Waals surface area contributed by atoms with Crippen LogP contribution in [0.3, 0.4) is 0 Å². The van der Waals surface area contributed by atoms with Crippen molar-refractivity contribution in [1.29, 1.82) is 0 Å². The van der Waals surface area contributed by atoms with Gasteiger partial charge in [0.25, 0.3) is 0 Å². The molecule has 31 heavy (non-hydrogen) atoms. The number of aliphatic carboxylic acids is 1. The van der Waals surface area contributed by atoms with E-state index in [1.165, 1.54) is 0 Å². The highest BCUT2D eigenvalue weighted by Gasteiger charge is 2.39. The molecule has 0 spiro atoms. The van der Waals surface area contributed by atoms with E-state index in [0.717, 1.165) is 19.4 Å². The molecule has 6 N–H and O–H groups in total. The van der Waals surface area contributed by atoms with Gasteiger partial charge in [0.05, 0.1) is 6.04 Å². The zero-order valence-electron chi connectivity index (χ0n) is 18.1. The van der Waals surface area contributed by atoms with E-state index in [9.17, 15) is 29.1 Å². The van der Waals surface area contributed by atoms with Crippen molar-refractivity contribution < 1.29 is 29.1 Å². The smallest absolute Gasteiger partial charge is 0.326 e. The molecule has 174 valence electrons. The van der Waals surface area contributed by atoms with Crippen LogP contribution < -0.4 is 21.7 Å². The van der Waals surface area contributed by atoms with Crippen molar-refractivity contribution in [3.05, 3.63) is 0 Å². The fourth-order valence-electron chi connectivity index (χ4n) is 3.99. The van der Waals surface area contributed by atoms with Gasteiger partial charge >= 0.3 is 5.97 Å². The Labute approximate surface area is 181 Å². The first-order valence-corrected chi connectivity index (χ1v) is 10.8. The number of nitrogens with zero attached hydrogens (tertiary/aromatic N) is 1. The van der Waals surface area contributed by atoms with E-state index in [0.29, 0.717) is 19.4 Å². The number of primary amides is 1. The first kappa shape index (κ1) is 24.6. The summed E-state index contributed by atoms with van der Waals surface area (Å²) in [6.07, 6.45) is 2.52. The molecule has 2 heterocycles. The number of carbonyl (C=O) groups excluding carboxylic acids is 4. The second-order valence-corrected chi connectivity index (χ2v) is 8.47. The molecule has 4 amide bonds. The van der Waals surface area contributed by atoms with E-state index in [1.54, 1.807) is 18.7 Å². The first-order chi connectivity index (χ1) is 14.6. The zero-order valence-corrected chi connectivity index (χ0v) is 18.1. The summed E-state index contributed by atoms with van der Waals surface area (Å²) >= 11 is 0. The van der Waals surface area contributed by atoms with Crippen molar-refractivity contribution in [2.45, 2.75) is 76.5 Å². The molecule has 2 fully saturated rings. The van der Waals surface area contributed by atoms with Gasteiger partial charge in [-0.25, -0.2) is 4.79 Å². The van der Waals surface area contributed by atoms with Gasteiger partial charge in [0, 0.05) is 13.0 Å². The Kier molecular flexibility index (Phi) is 8.78. The van der Waals surface area contributed by atoms with Crippen LogP contribution in [0.5, 0.6) is 0 Å². The highest BCUT2D eigenvalue weighted by molar-refractivity contribution is 5.94. The molecule has 0 aromatic heterocycles. The van der Waals surface area contributed by atoms with Crippen molar-refractivity contribution in [2.24, 2.45) is 11.7 Å². The van der Waals surface area contributed by atoms with Gasteiger partial charge in [-0.15, -0.1) is 0 Å². The summed E-state index contributed by atoms with van der Waals surface area (Å²) in [5.74, 6) is -3.47. The lowest BCUT2D eigenvalue weighted by molar-refractivity contribution is -0.143. The molecular formula is C20H33N5O6. The predicted octanol–water partition coefficient (Wildman–Crippen LogP) is -1.29. The third-order valence-corrected chi connectivity index (χ3v) is 5.74. The van der Waals surface area contributed by atoms with Crippen LogP contribution in [0.1, 0.15) is 52.4 Å². The molecule has 2 aliphatic rings. The molecule has 11 nitrogen and oxygen atoms in total. The van der Waals surface area contributed by atoms with E-state index in [2.05, 4.69) is 16.0 Å². The highest BCUT2D eigenvalue weighted by atomic mass is 16.4. The summed E-state index contributed by atoms with van der Waals surface area (Å²) in [4.78, 5) is 62.4. The number of amides is 4. The summed E-state index contributed by atoms with van der Waals surface area (Å²) in [5.41, 5.74) is 5.06. The second-order valence-electron chi connectivity index (χ2n) is 8.47. The average molecular weight is 440 g/mol. The Bertz CT molecular complexity index is 706. The standard InChI is InChI=1S/C20H33N5O6/c1-11(2)16(18(28)23-13(20(30)31)7-8-15(21)26)24-17(27)14-6-4-10-25(14)19(29)12-5-3-9-22-12/h11-14,16,22H,3-10H2,1-2H3,(H2,21,26)(H,23,28)(H,24,27)(H,30,31). The minimum absolute atomic E-state index is 0.0990. The first-order valence-electron chi connectivity index (χ1n) is 10.8. The maximum atomic E-state index is 12.9. The summed E-state index contributed by atoms with van der Waals surface area (Å²) in [6.45, 7) is 4.71. The summed E-state index contributed by atoms with van der Waals surface area (Å²) < 4.78 is 0. The number of nitrogens with one attached hydrogen (secondary N) is 3. The largest absolute Gasteiger partial charge is 0.480 e. The van der Waals surface area contributed by atoms with E-state index in [1.807, 2.05) is 0 Å². The van der Waals surface area contributed by atoms with Crippen molar-refractivity contribution >= 4 is 29.6 Å². The van der Waals surface area contributed by atoms with Crippen LogP contribution in [-0.2, 0) is 24.0 Å². The molecule has 4 atom stereocenters. The van der Waals surface area contributed by atoms with Gasteiger partial charge in [-0.05, 0) is 44.6 Å². The molecule has 11 heteroatoms. The van der Waals surface area contributed by atoms with Crippen LogP contribution >= 0.6 is 0 Å². The van der Waals surface area contributed by atoms with Gasteiger partial charge in [0.2, 0.25) is 23.6 Å². The van der Waals surface area contributed by atoms with Crippen LogP contribution in [0.4, 0.5) is 0 Å². The number of carboxylic acids is 1. The molecule has 0 aromatic rings. The molecule has 0 radical (unpaired) electrons. The van der Waals surface area contributed by atoms with Gasteiger partial charge < -0.3 is 31.7 Å². The summed E-state index contributed by atoms with van der Waals surface area (Å²) in [5, 5.41) is 17.5.